The molecule has 1 fully saturated rings. The molecular formula is C15H21FN2O2S. The van der Waals surface area contributed by atoms with Gasteiger partial charge < -0.3 is 20.1 Å². The Balaban J connectivity index is 1.52. The third-order valence-electron chi connectivity index (χ3n) is 3.20. The molecule has 0 spiro atoms. The van der Waals surface area contributed by atoms with Crippen molar-refractivity contribution < 1.29 is 13.9 Å². The lowest BCUT2D eigenvalue weighted by Crippen LogP contribution is -2.30. The van der Waals surface area contributed by atoms with Crippen molar-refractivity contribution in [2.75, 3.05) is 31.7 Å². The highest BCUT2D eigenvalue weighted by Gasteiger charge is 2.14. The molecule has 0 saturated carbocycles. The van der Waals surface area contributed by atoms with Crippen LogP contribution < -0.4 is 10.6 Å². The smallest absolute Gasteiger partial charge is 0.170 e. The van der Waals surface area contributed by atoms with Gasteiger partial charge in [0.05, 0.1) is 18.4 Å². The normalized spacial score (nSPS) is 17.7. The molecule has 1 aromatic rings. The molecule has 116 valence electrons. The Kier molecular flexibility index (Phi) is 6.85. The fourth-order valence-electron chi connectivity index (χ4n) is 2.10. The van der Waals surface area contributed by atoms with E-state index in [1.807, 2.05) is 0 Å². The van der Waals surface area contributed by atoms with Gasteiger partial charge in [-0.1, -0.05) is 12.1 Å². The third kappa shape index (κ3) is 5.95. The van der Waals surface area contributed by atoms with Crippen LogP contribution in [-0.4, -0.2) is 37.6 Å². The highest BCUT2D eigenvalue weighted by atomic mass is 32.1. The number of benzene rings is 1. The van der Waals surface area contributed by atoms with Crippen LogP contribution in [0.1, 0.15) is 19.3 Å². The zero-order chi connectivity index (χ0) is 14.9. The summed E-state index contributed by atoms with van der Waals surface area (Å²) in [6.07, 6.45) is 3.33. The summed E-state index contributed by atoms with van der Waals surface area (Å²) < 4.78 is 24.4. The zero-order valence-electron chi connectivity index (χ0n) is 11.9. The van der Waals surface area contributed by atoms with Gasteiger partial charge in [0.15, 0.2) is 5.11 Å². The summed E-state index contributed by atoms with van der Waals surface area (Å²) in [5, 5.41) is 6.28. The first-order valence-corrected chi connectivity index (χ1v) is 7.65. The molecule has 4 nitrogen and oxygen atoms in total. The summed E-state index contributed by atoms with van der Waals surface area (Å²) in [7, 11) is 0. The van der Waals surface area contributed by atoms with E-state index in [2.05, 4.69) is 10.6 Å². The van der Waals surface area contributed by atoms with E-state index in [4.69, 9.17) is 21.7 Å². The fourth-order valence-corrected chi connectivity index (χ4v) is 2.31. The first kappa shape index (κ1) is 16.1. The molecule has 2 rings (SSSR count). The predicted molar refractivity (Wildman–Crippen MR) is 85.0 cm³/mol. The molecule has 1 atom stereocenters. The monoisotopic (exact) mass is 312 g/mol. The molecule has 0 amide bonds. The summed E-state index contributed by atoms with van der Waals surface area (Å²) in [6.45, 7) is 2.87. The van der Waals surface area contributed by atoms with E-state index < -0.39 is 0 Å². The summed E-state index contributed by atoms with van der Waals surface area (Å²) in [4.78, 5) is 0. The van der Waals surface area contributed by atoms with Crippen LogP contribution in [0.5, 0.6) is 0 Å². The van der Waals surface area contributed by atoms with E-state index in [1.54, 1.807) is 18.2 Å². The molecule has 0 unspecified atom stereocenters. The minimum absolute atomic E-state index is 0.266. The first-order chi connectivity index (χ1) is 10.3. The number of rotatable bonds is 7. The highest BCUT2D eigenvalue weighted by molar-refractivity contribution is 7.80. The van der Waals surface area contributed by atoms with Crippen LogP contribution in [0.25, 0.3) is 0 Å². The molecule has 1 aliphatic rings. The predicted octanol–water partition coefficient (Wildman–Crippen LogP) is 2.70. The Morgan fingerprint density at radius 3 is 3.05 bits per heavy atom. The maximum Gasteiger partial charge on any atom is 0.170 e. The molecule has 21 heavy (non-hydrogen) atoms. The van der Waals surface area contributed by atoms with E-state index in [1.165, 1.54) is 6.07 Å². The van der Waals surface area contributed by atoms with Gasteiger partial charge in [0.25, 0.3) is 0 Å². The summed E-state index contributed by atoms with van der Waals surface area (Å²) in [6, 6.07) is 6.44. The Labute approximate surface area is 130 Å². The number of anilines is 1. The molecular weight excluding hydrogens is 291 g/mol. The summed E-state index contributed by atoms with van der Waals surface area (Å²) in [5.41, 5.74) is 0.379. The second kappa shape index (κ2) is 8.92. The van der Waals surface area contributed by atoms with Crippen molar-refractivity contribution in [1.82, 2.24) is 5.32 Å². The van der Waals surface area contributed by atoms with Crippen LogP contribution >= 0.6 is 12.2 Å². The highest BCUT2D eigenvalue weighted by Crippen LogP contribution is 2.12. The van der Waals surface area contributed by atoms with Gasteiger partial charge in [0, 0.05) is 19.8 Å². The van der Waals surface area contributed by atoms with Crippen LogP contribution in [0.2, 0.25) is 0 Å². The van der Waals surface area contributed by atoms with Crippen molar-refractivity contribution in [1.29, 1.82) is 0 Å². The molecule has 1 aromatic carbocycles. The van der Waals surface area contributed by atoms with Crippen LogP contribution in [-0.2, 0) is 9.47 Å². The molecule has 1 heterocycles. The molecule has 2 N–H and O–H groups in total. The van der Waals surface area contributed by atoms with Crippen molar-refractivity contribution in [3.05, 3.63) is 30.1 Å². The van der Waals surface area contributed by atoms with Gasteiger partial charge in [0.2, 0.25) is 0 Å². The number of nitrogens with one attached hydrogen (secondary N) is 2. The SMILES string of the molecule is Fc1ccccc1NC(=S)NCCCOC[C@H]1CCCO1. The van der Waals surface area contributed by atoms with E-state index in [9.17, 15) is 4.39 Å². The average Bonchev–Trinajstić information content (AvgIpc) is 2.98. The van der Waals surface area contributed by atoms with Crippen LogP contribution in [0.3, 0.4) is 0 Å². The van der Waals surface area contributed by atoms with Crippen molar-refractivity contribution >= 4 is 23.0 Å². The maximum absolute atomic E-state index is 13.4. The van der Waals surface area contributed by atoms with Crippen LogP contribution in [0.4, 0.5) is 10.1 Å². The minimum Gasteiger partial charge on any atom is -0.379 e. The molecule has 0 aliphatic carbocycles. The molecule has 0 bridgehead atoms. The van der Waals surface area contributed by atoms with Crippen LogP contribution in [0.15, 0.2) is 24.3 Å². The van der Waals surface area contributed by atoms with Gasteiger partial charge in [-0.2, -0.15) is 0 Å². The molecule has 1 saturated heterocycles. The van der Waals surface area contributed by atoms with Crippen molar-refractivity contribution in [3.63, 3.8) is 0 Å². The third-order valence-corrected chi connectivity index (χ3v) is 3.45. The number of hydrogen-bond acceptors (Lipinski definition) is 3. The molecule has 1 aliphatic heterocycles. The average molecular weight is 312 g/mol. The van der Waals surface area contributed by atoms with Gasteiger partial charge in [-0.25, -0.2) is 4.39 Å². The summed E-state index contributed by atoms with van der Waals surface area (Å²) in [5.74, 6) is -0.318. The lowest BCUT2D eigenvalue weighted by atomic mass is 10.2. The van der Waals surface area contributed by atoms with Crippen molar-refractivity contribution in [2.45, 2.75) is 25.4 Å². The lowest BCUT2D eigenvalue weighted by molar-refractivity contribution is 0.0168. The fraction of sp³-hybridized carbons (Fsp3) is 0.533. The zero-order valence-corrected chi connectivity index (χ0v) is 12.8. The van der Waals surface area contributed by atoms with E-state index in [-0.39, 0.29) is 11.9 Å². The quantitative estimate of drug-likeness (QED) is 0.598. The van der Waals surface area contributed by atoms with Crippen LogP contribution in [0, 0.1) is 5.82 Å². The van der Waals surface area contributed by atoms with Crippen molar-refractivity contribution in [2.24, 2.45) is 0 Å². The van der Waals surface area contributed by atoms with Gasteiger partial charge in [-0.15, -0.1) is 0 Å². The second-order valence-corrected chi connectivity index (χ2v) is 5.33. The maximum atomic E-state index is 13.4. The van der Waals surface area contributed by atoms with Crippen molar-refractivity contribution in [3.8, 4) is 0 Å². The van der Waals surface area contributed by atoms with E-state index >= 15 is 0 Å². The molecule has 6 heteroatoms. The second-order valence-electron chi connectivity index (χ2n) is 4.92. The lowest BCUT2D eigenvalue weighted by Gasteiger charge is -2.12. The molecule has 0 aromatic heterocycles. The number of thiocarbonyl (C=S) groups is 1. The topological polar surface area (TPSA) is 42.5 Å². The van der Waals surface area contributed by atoms with E-state index in [0.29, 0.717) is 30.6 Å². The van der Waals surface area contributed by atoms with Gasteiger partial charge in [0.1, 0.15) is 5.82 Å². The number of ether oxygens (including phenoxy) is 2. The largest absolute Gasteiger partial charge is 0.379 e. The minimum atomic E-state index is -0.318. The standard InChI is InChI=1S/C15H21FN2O2S/c16-13-6-1-2-7-14(13)18-15(21)17-8-4-9-19-11-12-5-3-10-20-12/h1-2,6-7,12H,3-5,8-11H2,(H2,17,18,21)/t12-/m1/s1. The summed E-state index contributed by atoms with van der Waals surface area (Å²) >= 11 is 5.11. The van der Waals surface area contributed by atoms with E-state index in [0.717, 1.165) is 25.9 Å². The number of halogens is 1. The Morgan fingerprint density at radius 2 is 2.29 bits per heavy atom. The van der Waals surface area contributed by atoms with Gasteiger partial charge >= 0.3 is 0 Å². The Bertz CT molecular complexity index is 453. The molecule has 0 radical (unpaired) electrons. The Hall–Kier alpha value is -1.24. The van der Waals surface area contributed by atoms with Gasteiger partial charge in [-0.05, 0) is 43.6 Å². The number of para-hydroxylation sites is 1. The Morgan fingerprint density at radius 1 is 1.43 bits per heavy atom. The first-order valence-electron chi connectivity index (χ1n) is 7.24. The number of hydrogen-bond donors (Lipinski definition) is 2. The van der Waals surface area contributed by atoms with Gasteiger partial charge in [-0.3, -0.25) is 0 Å².